The van der Waals surface area contributed by atoms with Gasteiger partial charge < -0.3 is 4.74 Å². The van der Waals surface area contributed by atoms with Crippen LogP contribution in [0.25, 0.3) is 0 Å². The van der Waals surface area contributed by atoms with Gasteiger partial charge in [-0.3, -0.25) is 4.79 Å². The molecule has 0 spiro atoms. The van der Waals surface area contributed by atoms with Crippen LogP contribution in [0.5, 0.6) is 0 Å². The minimum atomic E-state index is 0.131. The lowest BCUT2D eigenvalue weighted by Crippen LogP contribution is -2.29. The minimum absolute atomic E-state index is 0.131. The van der Waals surface area contributed by atoms with E-state index in [-0.39, 0.29) is 6.10 Å². The monoisotopic (exact) mass is 218 g/mol. The van der Waals surface area contributed by atoms with Gasteiger partial charge in [0.15, 0.2) is 0 Å². The summed E-state index contributed by atoms with van der Waals surface area (Å²) in [5.41, 5.74) is 1.34. The third kappa shape index (κ3) is 2.84. The van der Waals surface area contributed by atoms with Crippen molar-refractivity contribution in [1.29, 1.82) is 0 Å². The number of hydrogen-bond donors (Lipinski definition) is 0. The van der Waals surface area contributed by atoms with Gasteiger partial charge >= 0.3 is 0 Å². The van der Waals surface area contributed by atoms with Crippen LogP contribution in [0.4, 0.5) is 0 Å². The van der Waals surface area contributed by atoms with Gasteiger partial charge in [-0.25, -0.2) is 0 Å². The third-order valence-corrected chi connectivity index (χ3v) is 3.41. The summed E-state index contributed by atoms with van der Waals surface area (Å²) in [6.45, 7) is 0.605. The number of rotatable bonds is 4. The second kappa shape index (κ2) is 5.69. The maximum absolute atomic E-state index is 10.4. The number of hydrogen-bond acceptors (Lipinski definition) is 2. The second-order valence-corrected chi connectivity index (χ2v) is 4.51. The highest BCUT2D eigenvalue weighted by atomic mass is 16.5. The van der Waals surface area contributed by atoms with E-state index < -0.39 is 0 Å². The zero-order chi connectivity index (χ0) is 11.2. The Morgan fingerprint density at radius 1 is 1.19 bits per heavy atom. The molecule has 1 saturated carbocycles. The van der Waals surface area contributed by atoms with Gasteiger partial charge in [0, 0.05) is 0 Å². The molecular formula is C14H18O2. The number of carbonyl (C=O) groups is 1. The number of ether oxygens (including phenoxy) is 1. The largest absolute Gasteiger partial charge is 0.464 e. The van der Waals surface area contributed by atoms with Crippen LogP contribution in [-0.2, 0) is 16.0 Å². The Morgan fingerprint density at radius 2 is 1.94 bits per heavy atom. The van der Waals surface area contributed by atoms with Gasteiger partial charge in [0.2, 0.25) is 0 Å². The van der Waals surface area contributed by atoms with E-state index in [0.717, 1.165) is 12.8 Å². The molecule has 0 N–H and O–H groups in total. The van der Waals surface area contributed by atoms with Crippen LogP contribution < -0.4 is 0 Å². The Labute approximate surface area is 96.6 Å². The van der Waals surface area contributed by atoms with E-state index >= 15 is 0 Å². The Balaban J connectivity index is 1.98. The van der Waals surface area contributed by atoms with Gasteiger partial charge in [0.05, 0.1) is 0 Å². The molecule has 2 atom stereocenters. The summed E-state index contributed by atoms with van der Waals surface area (Å²) >= 11 is 0. The summed E-state index contributed by atoms with van der Waals surface area (Å²) in [5, 5.41) is 0. The van der Waals surface area contributed by atoms with Crippen LogP contribution >= 0.6 is 0 Å². The summed E-state index contributed by atoms with van der Waals surface area (Å²) in [5.74, 6) is 0.501. The molecule has 2 nitrogen and oxygen atoms in total. The van der Waals surface area contributed by atoms with Gasteiger partial charge in [-0.05, 0) is 37.2 Å². The average molecular weight is 218 g/mol. The molecule has 2 heteroatoms. The SMILES string of the molecule is O=COC1CCCCC1Cc1ccccc1. The Morgan fingerprint density at radius 3 is 2.69 bits per heavy atom. The zero-order valence-electron chi connectivity index (χ0n) is 9.47. The van der Waals surface area contributed by atoms with Gasteiger partial charge in [-0.1, -0.05) is 36.8 Å². The van der Waals surface area contributed by atoms with Gasteiger partial charge in [0.25, 0.3) is 6.47 Å². The fourth-order valence-corrected chi connectivity index (χ4v) is 2.57. The molecule has 0 saturated heterocycles. The van der Waals surface area contributed by atoms with E-state index in [0.29, 0.717) is 12.4 Å². The van der Waals surface area contributed by atoms with Gasteiger partial charge in [-0.15, -0.1) is 0 Å². The maximum atomic E-state index is 10.4. The predicted octanol–water partition coefficient (Wildman–Crippen LogP) is 2.96. The highest BCUT2D eigenvalue weighted by molar-refractivity contribution is 5.37. The van der Waals surface area contributed by atoms with E-state index in [1.807, 2.05) is 6.07 Å². The summed E-state index contributed by atoms with van der Waals surface area (Å²) in [4.78, 5) is 10.4. The third-order valence-electron chi connectivity index (χ3n) is 3.41. The molecule has 0 heterocycles. The minimum Gasteiger partial charge on any atom is -0.464 e. The summed E-state index contributed by atoms with van der Waals surface area (Å²) < 4.78 is 5.19. The first-order valence-electron chi connectivity index (χ1n) is 6.03. The van der Waals surface area contributed by atoms with Crippen molar-refractivity contribution in [2.24, 2.45) is 5.92 Å². The van der Waals surface area contributed by atoms with E-state index in [4.69, 9.17) is 4.74 Å². The van der Waals surface area contributed by atoms with Crippen LogP contribution in [0.2, 0.25) is 0 Å². The second-order valence-electron chi connectivity index (χ2n) is 4.51. The van der Waals surface area contributed by atoms with Gasteiger partial charge in [-0.2, -0.15) is 0 Å². The average Bonchev–Trinajstić information content (AvgIpc) is 2.33. The molecule has 0 bridgehead atoms. The van der Waals surface area contributed by atoms with Crippen molar-refractivity contribution in [1.82, 2.24) is 0 Å². The normalized spacial score (nSPS) is 25.0. The zero-order valence-corrected chi connectivity index (χ0v) is 9.47. The molecule has 1 aromatic rings. The van der Waals surface area contributed by atoms with Gasteiger partial charge in [0.1, 0.15) is 6.10 Å². The predicted molar refractivity (Wildman–Crippen MR) is 63.0 cm³/mol. The topological polar surface area (TPSA) is 26.3 Å². The molecule has 0 radical (unpaired) electrons. The van der Waals surface area contributed by atoms with Crippen LogP contribution in [-0.4, -0.2) is 12.6 Å². The van der Waals surface area contributed by atoms with Crippen molar-refractivity contribution >= 4 is 6.47 Å². The highest BCUT2D eigenvalue weighted by Gasteiger charge is 2.26. The molecule has 0 aliphatic heterocycles. The maximum Gasteiger partial charge on any atom is 0.293 e. The lowest BCUT2D eigenvalue weighted by Gasteiger charge is -2.30. The summed E-state index contributed by atoms with van der Waals surface area (Å²) in [7, 11) is 0. The molecule has 1 aliphatic rings. The van der Waals surface area contributed by atoms with Crippen molar-refractivity contribution < 1.29 is 9.53 Å². The molecule has 0 aromatic heterocycles. The fourth-order valence-electron chi connectivity index (χ4n) is 2.57. The molecule has 16 heavy (non-hydrogen) atoms. The van der Waals surface area contributed by atoms with Crippen molar-refractivity contribution in [3.63, 3.8) is 0 Å². The van der Waals surface area contributed by atoms with E-state index in [1.165, 1.54) is 24.8 Å². The summed E-state index contributed by atoms with van der Waals surface area (Å²) in [6, 6.07) is 10.4. The fraction of sp³-hybridized carbons (Fsp3) is 0.500. The van der Waals surface area contributed by atoms with Crippen molar-refractivity contribution in [3.05, 3.63) is 35.9 Å². The van der Waals surface area contributed by atoms with Crippen LogP contribution in [0, 0.1) is 5.92 Å². The molecule has 2 rings (SSSR count). The molecule has 1 fully saturated rings. The van der Waals surface area contributed by atoms with Crippen molar-refractivity contribution in [3.8, 4) is 0 Å². The van der Waals surface area contributed by atoms with E-state index in [9.17, 15) is 4.79 Å². The molecular weight excluding hydrogens is 200 g/mol. The molecule has 86 valence electrons. The Bertz CT molecular complexity index is 321. The van der Waals surface area contributed by atoms with Crippen LogP contribution in [0.15, 0.2) is 30.3 Å². The molecule has 0 amide bonds. The smallest absolute Gasteiger partial charge is 0.293 e. The number of carbonyl (C=O) groups excluding carboxylic acids is 1. The quantitative estimate of drug-likeness (QED) is 0.726. The first-order valence-corrected chi connectivity index (χ1v) is 6.03. The number of benzene rings is 1. The standard InChI is InChI=1S/C14H18O2/c15-11-16-14-9-5-4-8-13(14)10-12-6-2-1-3-7-12/h1-3,6-7,11,13-14H,4-5,8-10H2. The van der Waals surface area contributed by atoms with E-state index in [2.05, 4.69) is 24.3 Å². The highest BCUT2D eigenvalue weighted by Crippen LogP contribution is 2.29. The summed E-state index contributed by atoms with van der Waals surface area (Å²) in [6.07, 6.45) is 5.80. The Hall–Kier alpha value is -1.31. The lowest BCUT2D eigenvalue weighted by atomic mass is 9.82. The van der Waals surface area contributed by atoms with Crippen LogP contribution in [0.1, 0.15) is 31.2 Å². The first kappa shape index (κ1) is 11.2. The lowest BCUT2D eigenvalue weighted by molar-refractivity contribution is -0.137. The Kier molecular flexibility index (Phi) is 3.97. The molecule has 1 aliphatic carbocycles. The first-order chi connectivity index (χ1) is 7.90. The molecule has 2 unspecified atom stereocenters. The van der Waals surface area contributed by atoms with Crippen molar-refractivity contribution in [2.45, 2.75) is 38.2 Å². The van der Waals surface area contributed by atoms with E-state index in [1.54, 1.807) is 0 Å². The van der Waals surface area contributed by atoms with Crippen molar-refractivity contribution in [2.75, 3.05) is 0 Å². The molecule has 1 aromatic carbocycles. The van der Waals surface area contributed by atoms with Crippen LogP contribution in [0.3, 0.4) is 0 Å².